The Morgan fingerprint density at radius 1 is 1.26 bits per heavy atom. The Morgan fingerprint density at radius 3 is 2.52 bits per heavy atom. The monoisotopic (exact) mass is 322 g/mol. The van der Waals surface area contributed by atoms with Gasteiger partial charge in [0.1, 0.15) is 0 Å². The van der Waals surface area contributed by atoms with Crippen molar-refractivity contribution in [1.82, 2.24) is 0 Å². The maximum absolute atomic E-state index is 10.2. The Hall–Kier alpha value is -0.940. The van der Waals surface area contributed by atoms with Crippen molar-refractivity contribution in [3.63, 3.8) is 0 Å². The number of ether oxygens (including phenoxy) is 3. The summed E-state index contributed by atoms with van der Waals surface area (Å²) in [6, 6.07) is 10.0. The van der Waals surface area contributed by atoms with Crippen LogP contribution in [-0.2, 0) is 20.8 Å². The molecule has 0 saturated carbocycles. The third-order valence-electron chi connectivity index (χ3n) is 4.47. The number of hydrogen-bond donors (Lipinski definition) is 1. The molecule has 1 saturated heterocycles. The Morgan fingerprint density at radius 2 is 1.91 bits per heavy atom. The Kier molecular flexibility index (Phi) is 6.20. The molecule has 1 aliphatic heterocycles. The molecule has 1 unspecified atom stereocenters. The van der Waals surface area contributed by atoms with Crippen molar-refractivity contribution in [3.8, 4) is 0 Å². The van der Waals surface area contributed by atoms with E-state index in [0.717, 1.165) is 5.56 Å². The smallest absolute Gasteiger partial charge is 0.163 e. The van der Waals surface area contributed by atoms with Crippen LogP contribution < -0.4 is 0 Å². The maximum atomic E-state index is 10.2. The molecule has 1 aromatic rings. The number of aliphatic hydroxyl groups excluding tert-OH is 1. The molecule has 0 radical (unpaired) electrons. The third kappa shape index (κ3) is 5.01. The summed E-state index contributed by atoms with van der Waals surface area (Å²) in [4.78, 5) is 0. The second kappa shape index (κ2) is 7.75. The van der Waals surface area contributed by atoms with Gasteiger partial charge >= 0.3 is 0 Å². The first-order chi connectivity index (χ1) is 10.8. The van der Waals surface area contributed by atoms with Gasteiger partial charge in [-0.3, -0.25) is 0 Å². The second-order valence-electron chi connectivity index (χ2n) is 7.13. The van der Waals surface area contributed by atoms with E-state index in [-0.39, 0.29) is 24.0 Å². The van der Waals surface area contributed by atoms with E-state index in [1.165, 1.54) is 0 Å². The van der Waals surface area contributed by atoms with Gasteiger partial charge in [-0.15, -0.1) is 0 Å². The lowest BCUT2D eigenvalue weighted by Crippen LogP contribution is -2.51. The Bertz CT molecular complexity index is 472. The lowest BCUT2D eigenvalue weighted by atomic mass is 9.86. The highest BCUT2D eigenvalue weighted by Gasteiger charge is 2.41. The lowest BCUT2D eigenvalue weighted by Gasteiger charge is -2.44. The molecule has 1 aliphatic rings. The highest BCUT2D eigenvalue weighted by Crippen LogP contribution is 2.33. The van der Waals surface area contributed by atoms with Gasteiger partial charge in [0.2, 0.25) is 0 Å². The molecule has 0 spiro atoms. The molecule has 23 heavy (non-hydrogen) atoms. The van der Waals surface area contributed by atoms with Gasteiger partial charge in [-0.1, -0.05) is 44.2 Å². The fourth-order valence-electron chi connectivity index (χ4n) is 3.21. The summed E-state index contributed by atoms with van der Waals surface area (Å²) in [6.45, 7) is 11.0. The fourth-order valence-corrected chi connectivity index (χ4v) is 3.21. The van der Waals surface area contributed by atoms with E-state index < -0.39 is 11.9 Å². The van der Waals surface area contributed by atoms with E-state index >= 15 is 0 Å². The molecular formula is C19H30O4. The number of hydrogen-bond acceptors (Lipinski definition) is 4. The second-order valence-corrected chi connectivity index (χ2v) is 7.13. The standard InChI is InChI=1S/C19H30O4/c1-13-11-22-19(4,5)23-17(13)14(2)18(15(3)20)21-12-16-9-7-6-8-10-16/h6-10,13-15,17-18,20H,11-12H2,1-5H3/t13-,14+,15?,17-,18-/m0/s1. The fraction of sp³-hybridized carbons (Fsp3) is 0.684. The zero-order valence-electron chi connectivity index (χ0n) is 14.9. The van der Waals surface area contributed by atoms with Gasteiger partial charge in [0.15, 0.2) is 5.79 Å². The van der Waals surface area contributed by atoms with Crippen molar-refractivity contribution in [2.45, 2.75) is 65.3 Å². The maximum Gasteiger partial charge on any atom is 0.163 e. The van der Waals surface area contributed by atoms with E-state index in [1.807, 2.05) is 44.2 Å². The van der Waals surface area contributed by atoms with Crippen LogP contribution in [0.25, 0.3) is 0 Å². The number of rotatable bonds is 6. The molecule has 1 fully saturated rings. The molecular weight excluding hydrogens is 292 g/mol. The van der Waals surface area contributed by atoms with Crippen LogP contribution >= 0.6 is 0 Å². The van der Waals surface area contributed by atoms with E-state index in [4.69, 9.17) is 14.2 Å². The molecule has 4 nitrogen and oxygen atoms in total. The molecule has 0 amide bonds. The van der Waals surface area contributed by atoms with Gasteiger partial charge < -0.3 is 19.3 Å². The van der Waals surface area contributed by atoms with Crippen LogP contribution in [0.3, 0.4) is 0 Å². The summed E-state index contributed by atoms with van der Waals surface area (Å²) in [7, 11) is 0. The van der Waals surface area contributed by atoms with E-state index in [0.29, 0.717) is 13.2 Å². The van der Waals surface area contributed by atoms with Gasteiger partial charge in [0, 0.05) is 11.8 Å². The van der Waals surface area contributed by atoms with Crippen molar-refractivity contribution >= 4 is 0 Å². The van der Waals surface area contributed by atoms with Crippen molar-refractivity contribution in [3.05, 3.63) is 35.9 Å². The molecule has 1 heterocycles. The summed E-state index contributed by atoms with van der Waals surface area (Å²) < 4.78 is 17.9. The van der Waals surface area contributed by atoms with Gasteiger partial charge in [0.05, 0.1) is 31.5 Å². The van der Waals surface area contributed by atoms with Gasteiger partial charge in [-0.05, 0) is 26.3 Å². The predicted octanol–water partition coefficient (Wildman–Crippen LogP) is 3.38. The normalized spacial score (nSPS) is 28.1. The van der Waals surface area contributed by atoms with E-state index in [2.05, 4.69) is 13.8 Å². The first-order valence-corrected chi connectivity index (χ1v) is 8.45. The molecule has 1 N–H and O–H groups in total. The van der Waals surface area contributed by atoms with Gasteiger partial charge in [-0.2, -0.15) is 0 Å². The topological polar surface area (TPSA) is 47.9 Å². The molecule has 0 aromatic heterocycles. The predicted molar refractivity (Wildman–Crippen MR) is 89.9 cm³/mol. The summed E-state index contributed by atoms with van der Waals surface area (Å²) >= 11 is 0. The third-order valence-corrected chi connectivity index (χ3v) is 4.47. The molecule has 0 bridgehead atoms. The minimum atomic E-state index is -0.589. The highest BCUT2D eigenvalue weighted by molar-refractivity contribution is 5.13. The minimum Gasteiger partial charge on any atom is -0.391 e. The van der Waals surface area contributed by atoms with Crippen LogP contribution in [0.2, 0.25) is 0 Å². The zero-order valence-corrected chi connectivity index (χ0v) is 14.9. The summed E-state index contributed by atoms with van der Waals surface area (Å²) in [5, 5.41) is 10.2. The van der Waals surface area contributed by atoms with Crippen molar-refractivity contribution in [2.24, 2.45) is 11.8 Å². The van der Waals surface area contributed by atoms with Crippen LogP contribution in [0.1, 0.15) is 40.2 Å². The first kappa shape index (κ1) is 18.4. The van der Waals surface area contributed by atoms with Crippen LogP contribution in [0, 0.1) is 11.8 Å². The summed E-state index contributed by atoms with van der Waals surface area (Å²) in [5.41, 5.74) is 1.10. The van der Waals surface area contributed by atoms with Crippen LogP contribution in [0.15, 0.2) is 30.3 Å². The van der Waals surface area contributed by atoms with E-state index in [1.54, 1.807) is 6.92 Å². The average Bonchev–Trinajstić information content (AvgIpc) is 2.50. The summed E-state index contributed by atoms with van der Waals surface area (Å²) in [6.07, 6.45) is -0.846. The molecule has 130 valence electrons. The minimum absolute atomic E-state index is 0.00544. The van der Waals surface area contributed by atoms with Gasteiger partial charge in [0.25, 0.3) is 0 Å². The molecule has 2 rings (SSSR count). The molecule has 5 atom stereocenters. The SMILES string of the molecule is CC(O)[C@@H](OCc1ccccc1)[C@H](C)[C@H]1OC(C)(C)OC[C@@H]1C. The molecule has 4 heteroatoms. The van der Waals surface area contributed by atoms with Gasteiger partial charge in [-0.25, -0.2) is 0 Å². The zero-order chi connectivity index (χ0) is 17.0. The Balaban J connectivity index is 2.04. The van der Waals surface area contributed by atoms with Crippen LogP contribution in [0.5, 0.6) is 0 Å². The number of aliphatic hydroxyl groups is 1. The summed E-state index contributed by atoms with van der Waals surface area (Å²) in [5.74, 6) is -0.259. The van der Waals surface area contributed by atoms with Crippen molar-refractivity contribution in [2.75, 3.05) is 6.61 Å². The molecule has 1 aromatic carbocycles. The van der Waals surface area contributed by atoms with E-state index in [9.17, 15) is 5.11 Å². The lowest BCUT2D eigenvalue weighted by molar-refractivity contribution is -0.307. The molecule has 0 aliphatic carbocycles. The first-order valence-electron chi connectivity index (χ1n) is 8.45. The quantitative estimate of drug-likeness (QED) is 0.872. The number of benzene rings is 1. The average molecular weight is 322 g/mol. The van der Waals surface area contributed by atoms with Crippen LogP contribution in [0.4, 0.5) is 0 Å². The highest BCUT2D eigenvalue weighted by atomic mass is 16.7. The van der Waals surface area contributed by atoms with Crippen molar-refractivity contribution in [1.29, 1.82) is 0 Å². The largest absolute Gasteiger partial charge is 0.391 e. The van der Waals surface area contributed by atoms with Crippen molar-refractivity contribution < 1.29 is 19.3 Å². The van der Waals surface area contributed by atoms with Crippen LogP contribution in [-0.4, -0.2) is 35.8 Å². The Labute approximate surface area is 139 Å².